The maximum atomic E-state index is 11.2. The molecule has 1 heterocycles. The zero-order valence-corrected chi connectivity index (χ0v) is 10.7. The summed E-state index contributed by atoms with van der Waals surface area (Å²) in [5, 5.41) is 8.61. The zero-order valence-electron chi connectivity index (χ0n) is 9.03. The van der Waals surface area contributed by atoms with Gasteiger partial charge in [-0.05, 0) is 18.1 Å². The van der Waals surface area contributed by atoms with Crippen molar-refractivity contribution in [3.8, 4) is 0 Å². The fraction of sp³-hybridized carbons (Fsp3) is 0.333. The van der Waals surface area contributed by atoms with E-state index < -0.39 is 21.8 Å². The normalized spacial score (nSPS) is 12.6. The number of sulfone groups is 1. The van der Waals surface area contributed by atoms with Gasteiger partial charge in [0.05, 0.1) is 4.90 Å². The maximum absolute atomic E-state index is 11.2. The summed E-state index contributed by atoms with van der Waals surface area (Å²) >= 11 is 0. The van der Waals surface area contributed by atoms with Crippen molar-refractivity contribution in [2.75, 3.05) is 6.26 Å². The van der Waals surface area contributed by atoms with Crippen molar-refractivity contribution < 1.29 is 18.3 Å². The minimum atomic E-state index is -3.33. The van der Waals surface area contributed by atoms with Crippen molar-refractivity contribution in [2.24, 2.45) is 5.73 Å². The summed E-state index contributed by atoms with van der Waals surface area (Å²) in [5.41, 5.74) is 5.81. The molecule has 1 atom stereocenters. The molecule has 3 N–H and O–H groups in total. The Hall–Kier alpha value is -1.18. The van der Waals surface area contributed by atoms with E-state index in [1.165, 1.54) is 18.5 Å². The molecule has 1 aromatic rings. The van der Waals surface area contributed by atoms with Gasteiger partial charge in [0.15, 0.2) is 9.84 Å². The predicted octanol–water partition coefficient (Wildman–Crippen LogP) is -0.139. The van der Waals surface area contributed by atoms with Crippen molar-refractivity contribution in [3.05, 3.63) is 24.0 Å². The maximum Gasteiger partial charge on any atom is 0.320 e. The number of hydrogen-bond donors (Lipinski definition) is 2. The number of nitrogens with zero attached hydrogens (tertiary/aromatic N) is 1. The van der Waals surface area contributed by atoms with Gasteiger partial charge in [-0.2, -0.15) is 0 Å². The molecule has 0 fully saturated rings. The lowest BCUT2D eigenvalue weighted by Gasteiger charge is -2.06. The largest absolute Gasteiger partial charge is 0.480 e. The molecule has 0 spiro atoms. The van der Waals surface area contributed by atoms with Crippen LogP contribution in [0.3, 0.4) is 0 Å². The summed E-state index contributed by atoms with van der Waals surface area (Å²) in [5.74, 6) is -1.13. The second-order valence-corrected chi connectivity index (χ2v) is 5.47. The third-order valence-electron chi connectivity index (χ3n) is 1.97. The molecule has 0 aliphatic carbocycles. The average Bonchev–Trinajstić information content (AvgIpc) is 2.16. The van der Waals surface area contributed by atoms with Crippen molar-refractivity contribution in [2.45, 2.75) is 17.4 Å². The molecular weight excluding hydrogens is 268 g/mol. The van der Waals surface area contributed by atoms with Gasteiger partial charge in [0, 0.05) is 18.6 Å². The van der Waals surface area contributed by atoms with Gasteiger partial charge in [-0.1, -0.05) is 0 Å². The molecule has 17 heavy (non-hydrogen) atoms. The Labute approximate surface area is 105 Å². The third kappa shape index (κ3) is 4.68. The molecule has 6 nitrogen and oxygen atoms in total. The van der Waals surface area contributed by atoms with Gasteiger partial charge in [0.25, 0.3) is 0 Å². The Kier molecular flexibility index (Phi) is 5.53. The van der Waals surface area contributed by atoms with Gasteiger partial charge in [0.1, 0.15) is 6.04 Å². The van der Waals surface area contributed by atoms with Crippen molar-refractivity contribution in [3.63, 3.8) is 0 Å². The van der Waals surface area contributed by atoms with E-state index in [1.54, 1.807) is 0 Å². The van der Waals surface area contributed by atoms with Gasteiger partial charge in [-0.15, -0.1) is 12.4 Å². The topological polar surface area (TPSA) is 110 Å². The van der Waals surface area contributed by atoms with Gasteiger partial charge in [-0.3, -0.25) is 9.78 Å². The van der Waals surface area contributed by atoms with E-state index in [2.05, 4.69) is 4.98 Å². The summed E-state index contributed by atoms with van der Waals surface area (Å²) in [6, 6.07) is 0.321. The minimum Gasteiger partial charge on any atom is -0.480 e. The number of aliphatic carboxylic acids is 1. The van der Waals surface area contributed by atoms with Crippen molar-refractivity contribution in [1.29, 1.82) is 0 Å². The van der Waals surface area contributed by atoms with Crippen LogP contribution in [-0.4, -0.2) is 36.8 Å². The van der Waals surface area contributed by atoms with E-state index in [0.29, 0.717) is 5.56 Å². The van der Waals surface area contributed by atoms with Crippen LogP contribution in [0.1, 0.15) is 5.56 Å². The van der Waals surface area contributed by atoms with E-state index in [4.69, 9.17) is 10.8 Å². The average molecular weight is 281 g/mol. The molecule has 0 aliphatic heterocycles. The summed E-state index contributed by atoms with van der Waals surface area (Å²) in [6.45, 7) is 0. The first-order valence-corrected chi connectivity index (χ1v) is 6.32. The standard InChI is InChI=1S/C9H12N2O4S.ClH/c1-16(14,15)7-2-6(4-11-5-7)3-8(10)9(12)13;/h2,4-5,8H,3,10H2,1H3,(H,12,13);1H. The number of carboxylic acids is 1. The lowest BCUT2D eigenvalue weighted by molar-refractivity contribution is -0.138. The lowest BCUT2D eigenvalue weighted by Crippen LogP contribution is -2.32. The van der Waals surface area contributed by atoms with Crippen LogP contribution in [0.4, 0.5) is 0 Å². The highest BCUT2D eigenvalue weighted by atomic mass is 35.5. The van der Waals surface area contributed by atoms with Crippen LogP contribution in [0, 0.1) is 0 Å². The quantitative estimate of drug-likeness (QED) is 0.794. The highest BCUT2D eigenvalue weighted by Gasteiger charge is 2.14. The Morgan fingerprint density at radius 3 is 2.59 bits per heavy atom. The van der Waals surface area contributed by atoms with Gasteiger partial charge < -0.3 is 10.8 Å². The SMILES string of the molecule is CS(=O)(=O)c1cncc(CC(N)C(=O)O)c1.Cl. The molecule has 0 saturated carbocycles. The van der Waals surface area contributed by atoms with Crippen LogP contribution < -0.4 is 5.73 Å². The predicted molar refractivity (Wildman–Crippen MR) is 63.9 cm³/mol. The number of rotatable bonds is 4. The zero-order chi connectivity index (χ0) is 12.3. The molecule has 1 unspecified atom stereocenters. The fourth-order valence-electron chi connectivity index (χ4n) is 1.12. The Bertz CT molecular complexity index is 503. The van der Waals surface area contributed by atoms with Gasteiger partial charge >= 0.3 is 5.97 Å². The fourth-order valence-corrected chi connectivity index (χ4v) is 1.74. The lowest BCUT2D eigenvalue weighted by atomic mass is 10.1. The van der Waals surface area contributed by atoms with E-state index in [0.717, 1.165) is 6.26 Å². The van der Waals surface area contributed by atoms with Crippen molar-refractivity contribution >= 4 is 28.2 Å². The monoisotopic (exact) mass is 280 g/mol. The molecule has 0 radical (unpaired) electrons. The number of pyridine rings is 1. The highest BCUT2D eigenvalue weighted by molar-refractivity contribution is 7.90. The third-order valence-corrected chi connectivity index (χ3v) is 3.05. The van der Waals surface area contributed by atoms with Crippen LogP contribution in [-0.2, 0) is 21.1 Å². The minimum absolute atomic E-state index is 0. The number of carboxylic acid groups (broad SMARTS) is 1. The summed E-state index contributed by atoms with van der Waals surface area (Å²) < 4.78 is 22.4. The molecule has 0 amide bonds. The smallest absolute Gasteiger partial charge is 0.320 e. The molecule has 1 aromatic heterocycles. The Balaban J connectivity index is 0.00000256. The van der Waals surface area contributed by atoms with Crippen LogP contribution in [0.5, 0.6) is 0 Å². The van der Waals surface area contributed by atoms with Crippen LogP contribution in [0.2, 0.25) is 0 Å². The first kappa shape index (κ1) is 15.8. The Morgan fingerprint density at radius 2 is 2.12 bits per heavy atom. The van der Waals surface area contributed by atoms with Crippen LogP contribution in [0.15, 0.2) is 23.4 Å². The van der Waals surface area contributed by atoms with Crippen LogP contribution >= 0.6 is 12.4 Å². The summed E-state index contributed by atoms with van der Waals surface area (Å²) in [6.07, 6.45) is 3.72. The molecule has 1 rings (SSSR count). The highest BCUT2D eigenvalue weighted by Crippen LogP contribution is 2.10. The van der Waals surface area contributed by atoms with Gasteiger partial charge in [-0.25, -0.2) is 8.42 Å². The first-order chi connectivity index (χ1) is 7.30. The second kappa shape index (κ2) is 5.95. The second-order valence-electron chi connectivity index (χ2n) is 3.45. The van der Waals surface area contributed by atoms with E-state index in [-0.39, 0.29) is 23.7 Å². The number of aromatic nitrogens is 1. The molecular formula is C9H13ClN2O4S. The Morgan fingerprint density at radius 1 is 1.53 bits per heavy atom. The molecule has 0 bridgehead atoms. The van der Waals surface area contributed by atoms with E-state index >= 15 is 0 Å². The number of halogens is 1. The van der Waals surface area contributed by atoms with E-state index in [9.17, 15) is 13.2 Å². The van der Waals surface area contributed by atoms with Gasteiger partial charge in [0.2, 0.25) is 0 Å². The van der Waals surface area contributed by atoms with E-state index in [1.807, 2.05) is 0 Å². The molecule has 8 heteroatoms. The molecule has 0 aliphatic rings. The van der Waals surface area contributed by atoms with Crippen molar-refractivity contribution in [1.82, 2.24) is 4.98 Å². The number of hydrogen-bond acceptors (Lipinski definition) is 5. The summed E-state index contributed by atoms with van der Waals surface area (Å²) in [4.78, 5) is 14.3. The van der Waals surface area contributed by atoms with Crippen LogP contribution in [0.25, 0.3) is 0 Å². The number of carbonyl (C=O) groups is 1. The molecule has 0 aromatic carbocycles. The summed E-state index contributed by atoms with van der Waals surface area (Å²) in [7, 11) is -3.33. The molecule has 0 saturated heterocycles. The number of nitrogens with two attached hydrogens (primary N) is 1. The molecule has 96 valence electrons. The first-order valence-electron chi connectivity index (χ1n) is 4.43.